The van der Waals surface area contributed by atoms with E-state index in [1.54, 1.807) is 24.3 Å². The molecule has 2 aliphatic rings. The lowest BCUT2D eigenvalue weighted by Crippen LogP contribution is -2.50. The molecule has 0 spiro atoms. The molecule has 1 aromatic rings. The largest absolute Gasteiger partial charge is 0.355 e. The summed E-state index contributed by atoms with van der Waals surface area (Å²) in [6.45, 7) is 0.666. The van der Waals surface area contributed by atoms with Crippen LogP contribution in [0.4, 0.5) is 5.69 Å². The molecular formula is C16H18BrN3O3. The number of imide groups is 1. The van der Waals surface area contributed by atoms with Gasteiger partial charge in [0.05, 0.1) is 24.2 Å². The number of carbonyl (C=O) groups is 3. The van der Waals surface area contributed by atoms with Gasteiger partial charge in [-0.05, 0) is 43.5 Å². The lowest BCUT2D eigenvalue weighted by atomic mass is 10.1. The van der Waals surface area contributed by atoms with E-state index in [1.807, 2.05) is 0 Å². The maximum Gasteiger partial charge on any atom is 0.251 e. The Labute approximate surface area is 142 Å². The smallest absolute Gasteiger partial charge is 0.251 e. The zero-order chi connectivity index (χ0) is 16.4. The first-order valence-corrected chi connectivity index (χ1v) is 8.51. The van der Waals surface area contributed by atoms with E-state index < -0.39 is 12.1 Å². The highest BCUT2D eigenvalue weighted by molar-refractivity contribution is 9.10. The van der Waals surface area contributed by atoms with E-state index in [2.05, 4.69) is 26.6 Å². The maximum atomic E-state index is 12.6. The molecule has 2 atom stereocenters. The number of halogens is 1. The molecular weight excluding hydrogens is 362 g/mol. The van der Waals surface area contributed by atoms with Gasteiger partial charge in [0.25, 0.3) is 5.91 Å². The number of nitrogens with zero attached hydrogens (tertiary/aromatic N) is 1. The quantitative estimate of drug-likeness (QED) is 0.776. The zero-order valence-corrected chi connectivity index (χ0v) is 14.1. The third-order valence-electron chi connectivity index (χ3n) is 4.17. The standard InChI is InChI=1S/C16H18BrN3O3/c17-10-4-6-11(7-5-10)20-14(21)9-13(16(20)23)19-12-3-1-2-8-18-15(12)22/h4-7,12-13,19H,1-3,8-9H2,(H,18,22)/t12-,13-/m1/s1. The first-order valence-electron chi connectivity index (χ1n) is 7.72. The van der Waals surface area contributed by atoms with Crippen LogP contribution in [-0.4, -0.2) is 36.3 Å². The number of rotatable bonds is 3. The molecule has 2 heterocycles. The van der Waals surface area contributed by atoms with Crippen molar-refractivity contribution in [3.8, 4) is 0 Å². The lowest BCUT2D eigenvalue weighted by Gasteiger charge is -2.20. The molecule has 0 aliphatic carbocycles. The van der Waals surface area contributed by atoms with Gasteiger partial charge >= 0.3 is 0 Å². The molecule has 0 unspecified atom stereocenters. The summed E-state index contributed by atoms with van der Waals surface area (Å²) in [7, 11) is 0. The highest BCUT2D eigenvalue weighted by Crippen LogP contribution is 2.25. The summed E-state index contributed by atoms with van der Waals surface area (Å²) < 4.78 is 0.880. The third kappa shape index (κ3) is 3.45. The van der Waals surface area contributed by atoms with Crippen LogP contribution in [-0.2, 0) is 14.4 Å². The molecule has 2 fully saturated rings. The monoisotopic (exact) mass is 379 g/mol. The fraction of sp³-hybridized carbons (Fsp3) is 0.438. The summed E-state index contributed by atoms with van der Waals surface area (Å²) in [5, 5.41) is 5.89. The molecule has 0 saturated carbocycles. The van der Waals surface area contributed by atoms with E-state index in [4.69, 9.17) is 0 Å². The van der Waals surface area contributed by atoms with Crippen LogP contribution in [0.5, 0.6) is 0 Å². The number of benzene rings is 1. The number of nitrogens with one attached hydrogen (secondary N) is 2. The molecule has 0 aromatic heterocycles. The van der Waals surface area contributed by atoms with E-state index in [1.165, 1.54) is 4.90 Å². The highest BCUT2D eigenvalue weighted by atomic mass is 79.9. The number of carbonyl (C=O) groups excluding carboxylic acids is 3. The van der Waals surface area contributed by atoms with Gasteiger partial charge in [-0.3, -0.25) is 19.7 Å². The molecule has 2 saturated heterocycles. The average molecular weight is 380 g/mol. The van der Waals surface area contributed by atoms with Crippen molar-refractivity contribution < 1.29 is 14.4 Å². The van der Waals surface area contributed by atoms with Crippen LogP contribution in [0.15, 0.2) is 28.7 Å². The first-order chi connectivity index (χ1) is 11.1. The normalized spacial score (nSPS) is 25.4. The van der Waals surface area contributed by atoms with Crippen molar-refractivity contribution in [2.75, 3.05) is 11.4 Å². The summed E-state index contributed by atoms with van der Waals surface area (Å²) >= 11 is 3.33. The predicted octanol–water partition coefficient (Wildman–Crippen LogP) is 1.34. The van der Waals surface area contributed by atoms with Crippen LogP contribution in [0, 0.1) is 0 Å². The van der Waals surface area contributed by atoms with Crippen molar-refractivity contribution in [1.29, 1.82) is 0 Å². The second-order valence-corrected chi connectivity index (χ2v) is 6.72. The summed E-state index contributed by atoms with van der Waals surface area (Å²) in [6.07, 6.45) is 2.62. The highest BCUT2D eigenvalue weighted by Gasteiger charge is 2.41. The van der Waals surface area contributed by atoms with Crippen LogP contribution < -0.4 is 15.5 Å². The second-order valence-electron chi connectivity index (χ2n) is 5.81. The van der Waals surface area contributed by atoms with Crippen molar-refractivity contribution >= 4 is 39.3 Å². The van der Waals surface area contributed by atoms with Crippen molar-refractivity contribution in [3.63, 3.8) is 0 Å². The van der Waals surface area contributed by atoms with Gasteiger partial charge in [-0.2, -0.15) is 0 Å². The van der Waals surface area contributed by atoms with E-state index in [-0.39, 0.29) is 24.1 Å². The number of amides is 3. The van der Waals surface area contributed by atoms with Crippen molar-refractivity contribution in [2.45, 2.75) is 37.8 Å². The van der Waals surface area contributed by atoms with E-state index >= 15 is 0 Å². The average Bonchev–Trinajstić information content (AvgIpc) is 2.68. The Morgan fingerprint density at radius 3 is 2.57 bits per heavy atom. The lowest BCUT2D eigenvalue weighted by molar-refractivity contribution is -0.123. The SMILES string of the molecule is O=C1NCCCC[C@H]1N[C@@H]1CC(=O)N(c2ccc(Br)cc2)C1=O. The minimum absolute atomic E-state index is 0.0820. The van der Waals surface area contributed by atoms with E-state index in [0.29, 0.717) is 18.7 Å². The first kappa shape index (κ1) is 16.1. The summed E-state index contributed by atoms with van der Waals surface area (Å²) in [5.74, 6) is -0.636. The van der Waals surface area contributed by atoms with Gasteiger partial charge in [0.1, 0.15) is 0 Å². The molecule has 0 radical (unpaired) electrons. The fourth-order valence-corrected chi connectivity index (χ4v) is 3.23. The van der Waals surface area contributed by atoms with Gasteiger partial charge < -0.3 is 5.32 Å². The molecule has 0 bridgehead atoms. The van der Waals surface area contributed by atoms with Crippen molar-refractivity contribution in [2.24, 2.45) is 0 Å². The Morgan fingerprint density at radius 2 is 1.83 bits per heavy atom. The number of hydrogen-bond acceptors (Lipinski definition) is 4. The van der Waals surface area contributed by atoms with Crippen molar-refractivity contribution in [3.05, 3.63) is 28.7 Å². The molecule has 122 valence electrons. The Morgan fingerprint density at radius 1 is 1.09 bits per heavy atom. The van der Waals surface area contributed by atoms with Crippen LogP contribution >= 0.6 is 15.9 Å². The Kier molecular flexibility index (Phi) is 4.77. The molecule has 3 amide bonds. The molecule has 2 aliphatic heterocycles. The van der Waals surface area contributed by atoms with Gasteiger partial charge in [0, 0.05) is 11.0 Å². The minimum Gasteiger partial charge on any atom is -0.355 e. The van der Waals surface area contributed by atoms with Gasteiger partial charge in [0.15, 0.2) is 0 Å². The van der Waals surface area contributed by atoms with E-state index in [0.717, 1.165) is 17.3 Å². The molecule has 1 aromatic carbocycles. The molecule has 2 N–H and O–H groups in total. The Bertz CT molecular complexity index is 632. The van der Waals surface area contributed by atoms with Crippen LogP contribution in [0.2, 0.25) is 0 Å². The summed E-state index contributed by atoms with van der Waals surface area (Å²) in [6, 6.07) is 5.97. The molecule has 7 heteroatoms. The molecule has 23 heavy (non-hydrogen) atoms. The van der Waals surface area contributed by atoms with Crippen LogP contribution in [0.25, 0.3) is 0 Å². The summed E-state index contributed by atoms with van der Waals surface area (Å²) in [4.78, 5) is 38.0. The zero-order valence-electron chi connectivity index (χ0n) is 12.5. The molecule has 6 nitrogen and oxygen atoms in total. The van der Waals surface area contributed by atoms with Gasteiger partial charge in [-0.25, -0.2) is 4.90 Å². The topological polar surface area (TPSA) is 78.5 Å². The van der Waals surface area contributed by atoms with Crippen LogP contribution in [0.1, 0.15) is 25.7 Å². The molecule has 3 rings (SSSR count). The Balaban J connectivity index is 1.73. The minimum atomic E-state index is -0.639. The Hall–Kier alpha value is -1.73. The van der Waals surface area contributed by atoms with Crippen LogP contribution in [0.3, 0.4) is 0 Å². The third-order valence-corrected chi connectivity index (χ3v) is 4.70. The van der Waals surface area contributed by atoms with E-state index in [9.17, 15) is 14.4 Å². The van der Waals surface area contributed by atoms with Gasteiger partial charge in [-0.1, -0.05) is 15.9 Å². The fourth-order valence-electron chi connectivity index (χ4n) is 2.96. The van der Waals surface area contributed by atoms with Gasteiger partial charge in [-0.15, -0.1) is 0 Å². The van der Waals surface area contributed by atoms with Crippen molar-refractivity contribution in [1.82, 2.24) is 10.6 Å². The summed E-state index contributed by atoms with van der Waals surface area (Å²) in [5.41, 5.74) is 0.554. The maximum absolute atomic E-state index is 12.6. The number of hydrogen-bond donors (Lipinski definition) is 2. The second kappa shape index (κ2) is 6.80. The number of anilines is 1. The van der Waals surface area contributed by atoms with Gasteiger partial charge in [0.2, 0.25) is 11.8 Å². The predicted molar refractivity (Wildman–Crippen MR) is 88.8 cm³/mol.